The van der Waals surface area contributed by atoms with Crippen molar-refractivity contribution in [2.45, 2.75) is 83.5 Å². The fraction of sp³-hybridized carbons (Fsp3) is 0.533. The van der Waals surface area contributed by atoms with Crippen LogP contribution >= 0.6 is 0 Å². The maximum absolute atomic E-state index is 13.4. The number of rotatable bonds is 6. The second-order valence-electron chi connectivity index (χ2n) is 10.2. The number of halogens is 3. The van der Waals surface area contributed by atoms with E-state index in [9.17, 15) is 13.2 Å². The van der Waals surface area contributed by atoms with Crippen LogP contribution in [-0.2, 0) is 0 Å². The van der Waals surface area contributed by atoms with Crippen molar-refractivity contribution in [1.29, 1.82) is 0 Å². The summed E-state index contributed by atoms with van der Waals surface area (Å²) in [4.78, 5) is 0. The minimum absolute atomic E-state index is 0.134. The molecule has 2 aliphatic rings. The largest absolute Gasteiger partial charge is 0.204 e. The van der Waals surface area contributed by atoms with Crippen molar-refractivity contribution >= 4 is 0 Å². The highest BCUT2D eigenvalue weighted by Crippen LogP contribution is 2.48. The van der Waals surface area contributed by atoms with E-state index in [4.69, 9.17) is 0 Å². The van der Waals surface area contributed by atoms with Gasteiger partial charge < -0.3 is 0 Å². The van der Waals surface area contributed by atoms with Gasteiger partial charge in [0.1, 0.15) is 0 Å². The van der Waals surface area contributed by atoms with E-state index in [0.717, 1.165) is 35.4 Å². The van der Waals surface area contributed by atoms with E-state index in [-0.39, 0.29) is 5.56 Å². The van der Waals surface area contributed by atoms with Crippen molar-refractivity contribution in [3.05, 3.63) is 70.5 Å². The average molecular weight is 453 g/mol. The molecule has 0 nitrogen and oxygen atoms in total. The van der Waals surface area contributed by atoms with E-state index >= 15 is 0 Å². The van der Waals surface area contributed by atoms with Crippen molar-refractivity contribution in [3.8, 4) is 11.8 Å². The molecule has 0 amide bonds. The zero-order chi connectivity index (χ0) is 23.2. The Kier molecular flexibility index (Phi) is 8.18. The number of unbranched alkanes of at least 4 members (excludes halogenated alkanes) is 3. The first-order valence-electron chi connectivity index (χ1n) is 12.8. The topological polar surface area (TPSA) is 0 Å². The molecule has 2 aliphatic carbocycles. The van der Waals surface area contributed by atoms with E-state index in [1.165, 1.54) is 76.2 Å². The molecule has 0 aliphatic heterocycles. The molecule has 33 heavy (non-hydrogen) atoms. The predicted molar refractivity (Wildman–Crippen MR) is 128 cm³/mol. The summed E-state index contributed by atoms with van der Waals surface area (Å²) in [5.74, 6) is 5.16. The van der Waals surface area contributed by atoms with Gasteiger partial charge in [-0.1, -0.05) is 69.4 Å². The van der Waals surface area contributed by atoms with Gasteiger partial charge in [-0.2, -0.15) is 0 Å². The first kappa shape index (κ1) is 23.9. The van der Waals surface area contributed by atoms with Gasteiger partial charge >= 0.3 is 0 Å². The zero-order valence-electron chi connectivity index (χ0n) is 19.7. The summed E-state index contributed by atoms with van der Waals surface area (Å²) < 4.78 is 39.8. The van der Waals surface area contributed by atoms with Crippen LogP contribution in [0.3, 0.4) is 0 Å². The first-order valence-corrected chi connectivity index (χ1v) is 12.8. The summed E-state index contributed by atoms with van der Waals surface area (Å²) >= 11 is 0. The minimum atomic E-state index is -1.46. The van der Waals surface area contributed by atoms with E-state index in [2.05, 4.69) is 30.9 Å². The Balaban J connectivity index is 1.31. The maximum Gasteiger partial charge on any atom is 0.194 e. The van der Waals surface area contributed by atoms with Crippen molar-refractivity contribution in [3.63, 3.8) is 0 Å². The second kappa shape index (κ2) is 11.3. The maximum atomic E-state index is 13.4. The monoisotopic (exact) mass is 452 g/mol. The molecule has 0 radical (unpaired) electrons. The summed E-state index contributed by atoms with van der Waals surface area (Å²) in [5, 5.41) is 0. The molecule has 4 rings (SSSR count). The van der Waals surface area contributed by atoms with Crippen LogP contribution in [0.2, 0.25) is 0 Å². The lowest BCUT2D eigenvalue weighted by Gasteiger charge is -2.42. The van der Waals surface area contributed by atoms with Crippen molar-refractivity contribution in [1.82, 2.24) is 0 Å². The van der Waals surface area contributed by atoms with Gasteiger partial charge in [-0.3, -0.25) is 0 Å². The molecule has 4 atom stereocenters. The van der Waals surface area contributed by atoms with E-state index < -0.39 is 17.5 Å². The van der Waals surface area contributed by atoms with Gasteiger partial charge in [0, 0.05) is 11.1 Å². The van der Waals surface area contributed by atoms with Crippen LogP contribution < -0.4 is 0 Å². The zero-order valence-corrected chi connectivity index (χ0v) is 19.7. The van der Waals surface area contributed by atoms with Gasteiger partial charge in [-0.15, -0.1) is 0 Å². The van der Waals surface area contributed by atoms with Gasteiger partial charge in [0.15, 0.2) is 17.5 Å². The Bertz CT molecular complexity index is 959. The van der Waals surface area contributed by atoms with Crippen LogP contribution in [0.15, 0.2) is 36.4 Å². The van der Waals surface area contributed by atoms with Crippen molar-refractivity contribution < 1.29 is 13.2 Å². The molecule has 0 saturated heterocycles. The van der Waals surface area contributed by atoms with Gasteiger partial charge in [0.25, 0.3) is 0 Å². The number of benzene rings is 2. The minimum Gasteiger partial charge on any atom is -0.204 e. The smallest absolute Gasteiger partial charge is 0.194 e. The number of hydrogen-bond acceptors (Lipinski definition) is 0. The third kappa shape index (κ3) is 6.23. The molecule has 0 heterocycles. The second-order valence-corrected chi connectivity index (χ2v) is 10.2. The molecule has 2 aromatic carbocycles. The number of fused-ring (bicyclic) bond motifs is 1. The lowest BCUT2D eigenvalue weighted by Crippen LogP contribution is -2.30. The third-order valence-corrected chi connectivity index (χ3v) is 7.90. The highest BCUT2D eigenvalue weighted by molar-refractivity contribution is 5.44. The standard InChI is InChI=1S/C30H35F3/c1-2-3-4-5-6-22-11-14-27-20-26(16-15-25(27)17-22)24-12-9-21(10-13-24)7-8-23-18-28(31)30(33)29(32)19-23/h9-10,12-13,18-19,22,25-27H,2-6,11,14-17,20H2,1H3/t22?,25-,26-,27-/m1/s1. The van der Waals surface area contributed by atoms with Crippen LogP contribution in [0.4, 0.5) is 13.2 Å². The van der Waals surface area contributed by atoms with E-state index in [0.29, 0.717) is 5.92 Å². The Hall–Kier alpha value is -2.21. The third-order valence-electron chi connectivity index (χ3n) is 7.90. The number of hydrogen-bond donors (Lipinski definition) is 0. The lowest BCUT2D eigenvalue weighted by atomic mass is 9.63. The molecule has 0 spiro atoms. The van der Waals surface area contributed by atoms with Crippen LogP contribution in [0.25, 0.3) is 0 Å². The van der Waals surface area contributed by atoms with Crippen molar-refractivity contribution in [2.75, 3.05) is 0 Å². The normalized spacial score (nSPS) is 24.6. The average Bonchev–Trinajstić information content (AvgIpc) is 2.84. The molecular weight excluding hydrogens is 417 g/mol. The molecule has 0 N–H and O–H groups in total. The molecule has 2 aromatic rings. The van der Waals surface area contributed by atoms with Crippen LogP contribution in [-0.4, -0.2) is 0 Å². The predicted octanol–water partition coefficient (Wildman–Crippen LogP) is 8.77. The van der Waals surface area contributed by atoms with E-state index in [1.54, 1.807) is 0 Å². The molecule has 0 bridgehead atoms. The van der Waals surface area contributed by atoms with Gasteiger partial charge in [0.05, 0.1) is 0 Å². The van der Waals surface area contributed by atoms with E-state index in [1.807, 2.05) is 12.1 Å². The molecule has 2 fully saturated rings. The molecule has 3 heteroatoms. The highest BCUT2D eigenvalue weighted by atomic mass is 19.2. The summed E-state index contributed by atoms with van der Waals surface area (Å²) in [6, 6.07) is 10.1. The summed E-state index contributed by atoms with van der Waals surface area (Å²) in [7, 11) is 0. The fourth-order valence-electron chi connectivity index (χ4n) is 6.02. The quantitative estimate of drug-likeness (QED) is 0.233. The Morgan fingerprint density at radius 3 is 2.15 bits per heavy atom. The molecule has 1 unspecified atom stereocenters. The highest BCUT2D eigenvalue weighted by Gasteiger charge is 2.35. The molecule has 176 valence electrons. The SMILES string of the molecule is CCCCCCC1CC[C@@H]2C[C@H](c3ccc(C#Cc4cc(F)c(F)c(F)c4)cc3)CC[C@@H]2C1. The molecule has 2 saturated carbocycles. The Morgan fingerprint density at radius 1 is 0.758 bits per heavy atom. The van der Waals surface area contributed by atoms with Crippen molar-refractivity contribution in [2.24, 2.45) is 17.8 Å². The molecule has 0 aromatic heterocycles. The summed E-state index contributed by atoms with van der Waals surface area (Å²) in [6.07, 6.45) is 15.1. The van der Waals surface area contributed by atoms with Gasteiger partial charge in [-0.05, 0) is 85.6 Å². The fourth-order valence-corrected chi connectivity index (χ4v) is 6.02. The van der Waals surface area contributed by atoms with Crippen LogP contribution in [0, 0.1) is 47.0 Å². The summed E-state index contributed by atoms with van der Waals surface area (Å²) in [6.45, 7) is 2.28. The van der Waals surface area contributed by atoms with Gasteiger partial charge in [-0.25, -0.2) is 13.2 Å². The Labute approximate surface area is 197 Å². The first-order chi connectivity index (χ1) is 16.0. The van der Waals surface area contributed by atoms with Gasteiger partial charge in [0.2, 0.25) is 0 Å². The Morgan fingerprint density at radius 2 is 1.42 bits per heavy atom. The van der Waals surface area contributed by atoms with Crippen LogP contribution in [0.1, 0.15) is 100 Å². The summed E-state index contributed by atoms with van der Waals surface area (Å²) in [5.41, 5.74) is 2.30. The lowest BCUT2D eigenvalue weighted by molar-refractivity contribution is 0.113. The van der Waals surface area contributed by atoms with Crippen LogP contribution in [0.5, 0.6) is 0 Å². The molecular formula is C30H35F3.